The molecule has 3 nitrogen and oxygen atoms in total. The van der Waals surface area contributed by atoms with Crippen LogP contribution in [0.4, 0.5) is 0 Å². The summed E-state index contributed by atoms with van der Waals surface area (Å²) in [5.74, 6) is -0.691. The Morgan fingerprint density at radius 2 is 2.00 bits per heavy atom. The van der Waals surface area contributed by atoms with Crippen molar-refractivity contribution >= 4 is 5.97 Å². The van der Waals surface area contributed by atoms with Gasteiger partial charge in [0.15, 0.2) is 0 Å². The molecule has 0 saturated carbocycles. The molecule has 1 unspecified atom stereocenters. The van der Waals surface area contributed by atoms with Crippen LogP contribution in [-0.4, -0.2) is 36.1 Å². The highest BCUT2D eigenvalue weighted by Gasteiger charge is 2.31. The molecule has 0 aromatic heterocycles. The van der Waals surface area contributed by atoms with Crippen molar-refractivity contribution in [2.45, 2.75) is 40.0 Å². The third-order valence-corrected chi connectivity index (χ3v) is 2.81. The van der Waals surface area contributed by atoms with Crippen molar-refractivity contribution < 1.29 is 9.90 Å². The summed E-state index contributed by atoms with van der Waals surface area (Å²) < 4.78 is 0. The van der Waals surface area contributed by atoms with Crippen LogP contribution in [0.2, 0.25) is 0 Å². The quantitative estimate of drug-likeness (QED) is 0.686. The Morgan fingerprint density at radius 3 is 2.36 bits per heavy atom. The fraction of sp³-hybridized carbons (Fsp3) is 0.909. The van der Waals surface area contributed by atoms with Crippen LogP contribution >= 0.6 is 0 Å². The molecule has 14 heavy (non-hydrogen) atoms. The lowest BCUT2D eigenvalue weighted by atomic mass is 9.87. The molecular formula is C11H23NO2. The summed E-state index contributed by atoms with van der Waals surface area (Å²) in [5, 5.41) is 9.08. The van der Waals surface area contributed by atoms with Crippen molar-refractivity contribution in [1.82, 2.24) is 4.90 Å². The number of unbranched alkanes of at least 4 members (excludes halogenated alkanes) is 1. The largest absolute Gasteiger partial charge is 0.481 e. The Hall–Kier alpha value is -0.570. The summed E-state index contributed by atoms with van der Waals surface area (Å²) in [4.78, 5) is 13.1. The van der Waals surface area contributed by atoms with Crippen molar-refractivity contribution in [2.24, 2.45) is 5.41 Å². The standard InChI is InChI=1S/C11H23NO2/c1-5-7-8-12(4)9-11(3,6-2)10(13)14/h5-9H2,1-4H3,(H,13,14). The minimum absolute atomic E-state index is 0.595. The van der Waals surface area contributed by atoms with E-state index in [1.165, 1.54) is 0 Å². The summed E-state index contributed by atoms with van der Waals surface area (Å²) in [5.41, 5.74) is -0.595. The van der Waals surface area contributed by atoms with E-state index in [1.54, 1.807) is 0 Å². The van der Waals surface area contributed by atoms with Crippen molar-refractivity contribution in [3.63, 3.8) is 0 Å². The number of carbonyl (C=O) groups is 1. The predicted octanol–water partition coefficient (Wildman–Crippen LogP) is 2.22. The lowest BCUT2D eigenvalue weighted by Gasteiger charge is -2.28. The minimum atomic E-state index is -0.691. The molecule has 0 aliphatic rings. The van der Waals surface area contributed by atoms with Crippen LogP contribution in [0.1, 0.15) is 40.0 Å². The number of nitrogens with zero attached hydrogens (tertiary/aromatic N) is 1. The molecular weight excluding hydrogens is 178 g/mol. The van der Waals surface area contributed by atoms with Gasteiger partial charge in [-0.2, -0.15) is 0 Å². The molecule has 1 N–H and O–H groups in total. The molecule has 3 heteroatoms. The highest BCUT2D eigenvalue weighted by molar-refractivity contribution is 5.74. The van der Waals surface area contributed by atoms with E-state index < -0.39 is 11.4 Å². The highest BCUT2D eigenvalue weighted by Crippen LogP contribution is 2.22. The van der Waals surface area contributed by atoms with E-state index >= 15 is 0 Å². The van der Waals surface area contributed by atoms with E-state index in [4.69, 9.17) is 5.11 Å². The van der Waals surface area contributed by atoms with Gasteiger partial charge >= 0.3 is 5.97 Å². The van der Waals surface area contributed by atoms with Crippen molar-refractivity contribution in [3.05, 3.63) is 0 Å². The van der Waals surface area contributed by atoms with E-state index in [9.17, 15) is 4.79 Å². The van der Waals surface area contributed by atoms with Gasteiger partial charge in [0.05, 0.1) is 5.41 Å². The van der Waals surface area contributed by atoms with Crippen molar-refractivity contribution in [3.8, 4) is 0 Å². The third-order valence-electron chi connectivity index (χ3n) is 2.81. The number of hydrogen-bond acceptors (Lipinski definition) is 2. The van der Waals surface area contributed by atoms with Crippen molar-refractivity contribution in [2.75, 3.05) is 20.1 Å². The zero-order valence-corrected chi connectivity index (χ0v) is 9.84. The maximum Gasteiger partial charge on any atom is 0.310 e. The molecule has 0 amide bonds. The summed E-state index contributed by atoms with van der Waals surface area (Å²) in [6.07, 6.45) is 2.97. The molecule has 0 aliphatic carbocycles. The highest BCUT2D eigenvalue weighted by atomic mass is 16.4. The zero-order chi connectivity index (χ0) is 11.2. The number of carboxylic acids is 1. The molecule has 0 radical (unpaired) electrons. The molecule has 0 rings (SSSR count). The van der Waals surface area contributed by atoms with Gasteiger partial charge in [0.25, 0.3) is 0 Å². The van der Waals surface area contributed by atoms with Gasteiger partial charge in [0, 0.05) is 6.54 Å². The molecule has 0 aromatic rings. The van der Waals surface area contributed by atoms with Gasteiger partial charge in [-0.15, -0.1) is 0 Å². The monoisotopic (exact) mass is 201 g/mol. The van der Waals surface area contributed by atoms with E-state index in [1.807, 2.05) is 20.9 Å². The van der Waals surface area contributed by atoms with E-state index in [0.29, 0.717) is 13.0 Å². The lowest BCUT2D eigenvalue weighted by Crippen LogP contribution is -2.39. The topological polar surface area (TPSA) is 40.5 Å². The first-order valence-corrected chi connectivity index (χ1v) is 5.38. The van der Waals surface area contributed by atoms with Crippen LogP contribution in [0.15, 0.2) is 0 Å². The number of carboxylic acid groups (broad SMARTS) is 1. The second kappa shape index (κ2) is 6.02. The fourth-order valence-electron chi connectivity index (χ4n) is 1.43. The van der Waals surface area contributed by atoms with Crippen LogP contribution in [0, 0.1) is 5.41 Å². The summed E-state index contributed by atoms with van der Waals surface area (Å²) in [6.45, 7) is 7.52. The van der Waals surface area contributed by atoms with Crippen LogP contribution in [0.3, 0.4) is 0 Å². The van der Waals surface area contributed by atoms with E-state index in [0.717, 1.165) is 19.4 Å². The van der Waals surface area contributed by atoms with Crippen LogP contribution < -0.4 is 0 Å². The Labute approximate surface area is 87.1 Å². The third kappa shape index (κ3) is 4.09. The van der Waals surface area contributed by atoms with Gasteiger partial charge in [-0.1, -0.05) is 20.3 Å². The van der Waals surface area contributed by atoms with Gasteiger partial charge in [-0.25, -0.2) is 0 Å². The second-order valence-corrected chi connectivity index (χ2v) is 4.31. The average Bonchev–Trinajstić information content (AvgIpc) is 2.14. The van der Waals surface area contributed by atoms with Gasteiger partial charge in [0.1, 0.15) is 0 Å². The maximum atomic E-state index is 11.0. The van der Waals surface area contributed by atoms with Crippen LogP contribution in [0.5, 0.6) is 0 Å². The smallest absolute Gasteiger partial charge is 0.310 e. The lowest BCUT2D eigenvalue weighted by molar-refractivity contribution is -0.149. The molecule has 0 bridgehead atoms. The summed E-state index contributed by atoms with van der Waals surface area (Å²) in [6, 6.07) is 0. The molecule has 0 aromatic carbocycles. The molecule has 0 heterocycles. The Bertz CT molecular complexity index is 182. The SMILES string of the molecule is CCCCN(C)CC(C)(CC)C(=O)O. The van der Waals surface area contributed by atoms with E-state index in [-0.39, 0.29) is 0 Å². The van der Waals surface area contributed by atoms with Gasteiger partial charge < -0.3 is 10.0 Å². The first-order chi connectivity index (χ1) is 6.46. The molecule has 0 aliphatic heterocycles. The Kier molecular flexibility index (Phi) is 5.77. The fourth-order valence-corrected chi connectivity index (χ4v) is 1.43. The number of hydrogen-bond donors (Lipinski definition) is 1. The van der Waals surface area contributed by atoms with E-state index in [2.05, 4.69) is 11.8 Å². The van der Waals surface area contributed by atoms with Gasteiger partial charge in [-0.05, 0) is 33.4 Å². The van der Waals surface area contributed by atoms with Crippen LogP contribution in [-0.2, 0) is 4.79 Å². The summed E-state index contributed by atoms with van der Waals surface area (Å²) >= 11 is 0. The Morgan fingerprint density at radius 1 is 1.43 bits per heavy atom. The first kappa shape index (κ1) is 13.4. The number of aliphatic carboxylic acids is 1. The first-order valence-electron chi connectivity index (χ1n) is 5.38. The molecule has 1 atom stereocenters. The van der Waals surface area contributed by atoms with Gasteiger partial charge in [0.2, 0.25) is 0 Å². The average molecular weight is 201 g/mol. The Balaban J connectivity index is 4.10. The minimum Gasteiger partial charge on any atom is -0.481 e. The zero-order valence-electron chi connectivity index (χ0n) is 9.84. The second-order valence-electron chi connectivity index (χ2n) is 4.31. The summed E-state index contributed by atoms with van der Waals surface area (Å²) in [7, 11) is 1.99. The number of rotatable bonds is 7. The maximum absolute atomic E-state index is 11.0. The molecule has 84 valence electrons. The van der Waals surface area contributed by atoms with Gasteiger partial charge in [-0.3, -0.25) is 4.79 Å². The van der Waals surface area contributed by atoms with Crippen molar-refractivity contribution in [1.29, 1.82) is 0 Å². The van der Waals surface area contributed by atoms with Crippen LogP contribution in [0.25, 0.3) is 0 Å². The molecule has 0 spiro atoms. The predicted molar refractivity (Wildman–Crippen MR) is 58.4 cm³/mol. The molecule has 0 saturated heterocycles. The normalized spacial score (nSPS) is 15.5. The molecule has 0 fully saturated rings.